The van der Waals surface area contributed by atoms with Crippen molar-refractivity contribution in [3.05, 3.63) is 0 Å². The minimum Gasteiger partial charge on any atom is -0.379 e. The lowest BCUT2D eigenvalue weighted by atomic mass is 10.0. The molecule has 94 valence electrons. The van der Waals surface area contributed by atoms with Crippen molar-refractivity contribution in [1.29, 1.82) is 0 Å². The van der Waals surface area contributed by atoms with E-state index in [1.165, 1.54) is 25.8 Å². The molecule has 0 aromatic heterocycles. The van der Waals surface area contributed by atoms with Crippen LogP contribution in [0.15, 0.2) is 0 Å². The molecule has 0 bridgehead atoms. The highest BCUT2D eigenvalue weighted by Gasteiger charge is 2.41. The lowest BCUT2D eigenvalue weighted by molar-refractivity contribution is 0.0373. The van der Waals surface area contributed by atoms with Crippen molar-refractivity contribution in [2.24, 2.45) is 5.41 Å². The second-order valence-electron chi connectivity index (χ2n) is 5.64. The zero-order valence-electron chi connectivity index (χ0n) is 10.8. The Morgan fingerprint density at radius 3 is 2.62 bits per heavy atom. The Morgan fingerprint density at radius 2 is 2.00 bits per heavy atom. The lowest BCUT2D eigenvalue weighted by Gasteiger charge is -2.27. The standard InChI is InChI=1S/C13H26N2O/c1-12(13(2)4-5-13)14-6-3-7-15-8-10-16-11-9-15/h12,14H,3-11H2,1-2H3. The van der Waals surface area contributed by atoms with Gasteiger partial charge in [-0.05, 0) is 44.7 Å². The van der Waals surface area contributed by atoms with Crippen LogP contribution in [0.4, 0.5) is 0 Å². The second-order valence-corrected chi connectivity index (χ2v) is 5.64. The van der Waals surface area contributed by atoms with Crippen LogP contribution in [-0.2, 0) is 4.74 Å². The van der Waals surface area contributed by atoms with Crippen LogP contribution in [0, 0.1) is 5.41 Å². The Bertz CT molecular complexity index is 210. The molecule has 1 aliphatic heterocycles. The first-order valence-corrected chi connectivity index (χ1v) is 6.74. The van der Waals surface area contributed by atoms with Crippen LogP contribution in [-0.4, -0.2) is 50.3 Å². The highest BCUT2D eigenvalue weighted by atomic mass is 16.5. The number of hydrogen-bond donors (Lipinski definition) is 1. The van der Waals surface area contributed by atoms with Crippen LogP contribution in [0.25, 0.3) is 0 Å². The van der Waals surface area contributed by atoms with E-state index in [0.717, 1.165) is 32.8 Å². The molecule has 2 aliphatic rings. The van der Waals surface area contributed by atoms with Gasteiger partial charge >= 0.3 is 0 Å². The Kier molecular flexibility index (Phi) is 4.22. The lowest BCUT2D eigenvalue weighted by Crippen LogP contribution is -2.39. The summed E-state index contributed by atoms with van der Waals surface area (Å²) in [7, 11) is 0. The fourth-order valence-electron chi connectivity index (χ4n) is 2.32. The highest BCUT2D eigenvalue weighted by Crippen LogP contribution is 2.47. The zero-order valence-corrected chi connectivity index (χ0v) is 10.8. The summed E-state index contributed by atoms with van der Waals surface area (Å²) in [4.78, 5) is 2.51. The van der Waals surface area contributed by atoms with E-state index in [2.05, 4.69) is 24.1 Å². The van der Waals surface area contributed by atoms with Crippen LogP contribution in [0.1, 0.15) is 33.1 Å². The van der Waals surface area contributed by atoms with Gasteiger partial charge in [0.05, 0.1) is 13.2 Å². The normalized spacial score (nSPS) is 26.6. The molecular formula is C13H26N2O. The van der Waals surface area contributed by atoms with Gasteiger partial charge in [0.25, 0.3) is 0 Å². The fourth-order valence-corrected chi connectivity index (χ4v) is 2.32. The fraction of sp³-hybridized carbons (Fsp3) is 1.00. The van der Waals surface area contributed by atoms with Gasteiger partial charge < -0.3 is 10.1 Å². The van der Waals surface area contributed by atoms with Gasteiger partial charge in [-0.25, -0.2) is 0 Å². The largest absolute Gasteiger partial charge is 0.379 e. The monoisotopic (exact) mass is 226 g/mol. The summed E-state index contributed by atoms with van der Waals surface area (Å²) < 4.78 is 5.34. The average molecular weight is 226 g/mol. The molecular weight excluding hydrogens is 200 g/mol. The summed E-state index contributed by atoms with van der Waals surface area (Å²) in [5.41, 5.74) is 0.610. The van der Waals surface area contributed by atoms with Crippen molar-refractivity contribution >= 4 is 0 Å². The van der Waals surface area contributed by atoms with Gasteiger partial charge in [-0.15, -0.1) is 0 Å². The third kappa shape index (κ3) is 3.44. The van der Waals surface area contributed by atoms with Crippen molar-refractivity contribution in [2.75, 3.05) is 39.4 Å². The average Bonchev–Trinajstić information content (AvgIpc) is 3.05. The SMILES string of the molecule is CC(NCCCN1CCOCC1)C1(C)CC1. The Hall–Kier alpha value is -0.120. The molecule has 1 N–H and O–H groups in total. The molecule has 1 aliphatic carbocycles. The van der Waals surface area contributed by atoms with E-state index in [0.29, 0.717) is 11.5 Å². The molecule has 1 saturated carbocycles. The third-order valence-corrected chi connectivity index (χ3v) is 4.29. The van der Waals surface area contributed by atoms with E-state index >= 15 is 0 Å². The van der Waals surface area contributed by atoms with Crippen LogP contribution >= 0.6 is 0 Å². The summed E-state index contributed by atoms with van der Waals surface area (Å²) in [6, 6.07) is 0.692. The van der Waals surface area contributed by atoms with E-state index in [1.807, 2.05) is 0 Å². The molecule has 1 atom stereocenters. The maximum absolute atomic E-state index is 5.34. The summed E-state index contributed by atoms with van der Waals surface area (Å²) in [6.45, 7) is 11.2. The first-order valence-electron chi connectivity index (χ1n) is 6.74. The molecule has 0 radical (unpaired) electrons. The topological polar surface area (TPSA) is 24.5 Å². The first kappa shape index (κ1) is 12.3. The van der Waals surface area contributed by atoms with Crippen molar-refractivity contribution in [2.45, 2.75) is 39.2 Å². The van der Waals surface area contributed by atoms with E-state index in [-0.39, 0.29) is 0 Å². The van der Waals surface area contributed by atoms with Crippen molar-refractivity contribution in [3.63, 3.8) is 0 Å². The molecule has 3 heteroatoms. The molecule has 0 aromatic rings. The predicted octanol–water partition coefficient (Wildman–Crippen LogP) is 1.49. The maximum atomic E-state index is 5.34. The van der Waals surface area contributed by atoms with Crippen LogP contribution < -0.4 is 5.32 Å². The van der Waals surface area contributed by atoms with Crippen molar-refractivity contribution in [1.82, 2.24) is 10.2 Å². The molecule has 2 fully saturated rings. The van der Waals surface area contributed by atoms with Gasteiger partial charge in [0.15, 0.2) is 0 Å². The molecule has 0 amide bonds. The van der Waals surface area contributed by atoms with Gasteiger partial charge in [0, 0.05) is 19.1 Å². The Labute approximate surface area is 99.5 Å². The number of rotatable bonds is 6. The predicted molar refractivity (Wildman–Crippen MR) is 66.7 cm³/mol. The van der Waals surface area contributed by atoms with E-state index in [4.69, 9.17) is 4.74 Å². The zero-order chi connectivity index (χ0) is 11.4. The van der Waals surface area contributed by atoms with Crippen LogP contribution in [0.3, 0.4) is 0 Å². The summed E-state index contributed by atoms with van der Waals surface area (Å²) in [5.74, 6) is 0. The minimum atomic E-state index is 0.610. The highest BCUT2D eigenvalue weighted by molar-refractivity contribution is 4.96. The van der Waals surface area contributed by atoms with Crippen LogP contribution in [0.5, 0.6) is 0 Å². The number of ether oxygens (including phenoxy) is 1. The molecule has 2 rings (SSSR count). The Morgan fingerprint density at radius 1 is 1.31 bits per heavy atom. The number of nitrogens with zero attached hydrogens (tertiary/aromatic N) is 1. The van der Waals surface area contributed by atoms with E-state index in [1.54, 1.807) is 0 Å². The van der Waals surface area contributed by atoms with E-state index < -0.39 is 0 Å². The molecule has 1 unspecified atom stereocenters. The van der Waals surface area contributed by atoms with Gasteiger partial charge in [0.2, 0.25) is 0 Å². The second kappa shape index (κ2) is 5.48. The van der Waals surface area contributed by atoms with Crippen molar-refractivity contribution < 1.29 is 4.74 Å². The summed E-state index contributed by atoms with van der Waals surface area (Å²) in [5, 5.41) is 3.67. The number of nitrogens with one attached hydrogen (secondary N) is 1. The molecule has 1 heterocycles. The molecule has 16 heavy (non-hydrogen) atoms. The van der Waals surface area contributed by atoms with Gasteiger partial charge in [-0.2, -0.15) is 0 Å². The maximum Gasteiger partial charge on any atom is 0.0594 e. The Balaban J connectivity index is 1.51. The summed E-state index contributed by atoms with van der Waals surface area (Å²) in [6.07, 6.45) is 4.08. The quantitative estimate of drug-likeness (QED) is 0.694. The van der Waals surface area contributed by atoms with Gasteiger partial charge in [-0.3, -0.25) is 4.90 Å². The van der Waals surface area contributed by atoms with Gasteiger partial charge in [-0.1, -0.05) is 6.92 Å². The smallest absolute Gasteiger partial charge is 0.0594 e. The van der Waals surface area contributed by atoms with E-state index in [9.17, 15) is 0 Å². The molecule has 0 aromatic carbocycles. The van der Waals surface area contributed by atoms with Crippen LogP contribution in [0.2, 0.25) is 0 Å². The third-order valence-electron chi connectivity index (χ3n) is 4.29. The van der Waals surface area contributed by atoms with Crippen molar-refractivity contribution in [3.8, 4) is 0 Å². The first-order chi connectivity index (χ1) is 7.71. The molecule has 0 spiro atoms. The number of morpholine rings is 1. The van der Waals surface area contributed by atoms with Gasteiger partial charge in [0.1, 0.15) is 0 Å². The molecule has 1 saturated heterocycles. The number of hydrogen-bond acceptors (Lipinski definition) is 3. The minimum absolute atomic E-state index is 0.610. The molecule has 3 nitrogen and oxygen atoms in total. The summed E-state index contributed by atoms with van der Waals surface area (Å²) >= 11 is 0.